The van der Waals surface area contributed by atoms with Gasteiger partial charge in [0.1, 0.15) is 12.4 Å². The van der Waals surface area contributed by atoms with Crippen molar-refractivity contribution in [2.45, 2.75) is 138 Å². The maximum Gasteiger partial charge on any atom is 0.297 e. The number of hydrogen-bond donors (Lipinski definition) is 0. The van der Waals surface area contributed by atoms with Crippen molar-refractivity contribution in [2.24, 2.45) is 0 Å². The van der Waals surface area contributed by atoms with Crippen LogP contribution >= 0.6 is 0 Å². The predicted molar refractivity (Wildman–Crippen MR) is 180 cm³/mol. The fraction of sp³-hybridized carbons (Fsp3) is 0.649. The Bertz CT molecular complexity index is 1160. The van der Waals surface area contributed by atoms with Gasteiger partial charge < -0.3 is 18.8 Å². The predicted octanol–water partition coefficient (Wildman–Crippen LogP) is 10.6. The summed E-state index contributed by atoms with van der Waals surface area (Å²) in [5.74, 6) is 1.69. The summed E-state index contributed by atoms with van der Waals surface area (Å²) in [5.41, 5.74) is 3.34. The van der Waals surface area contributed by atoms with E-state index < -0.39 is 0 Å². The summed E-state index contributed by atoms with van der Waals surface area (Å²) in [5, 5.41) is 0.910. The van der Waals surface area contributed by atoms with Crippen molar-refractivity contribution < 1.29 is 14.2 Å². The van der Waals surface area contributed by atoms with Crippen molar-refractivity contribution in [3.63, 3.8) is 0 Å². The van der Waals surface area contributed by atoms with Crippen LogP contribution in [0.2, 0.25) is 0 Å². The second-order valence-electron chi connectivity index (χ2n) is 11.9. The number of fused-ring (bicyclic) bond motifs is 1. The van der Waals surface area contributed by atoms with Crippen LogP contribution in [0.4, 0.5) is 0 Å². The van der Waals surface area contributed by atoms with Gasteiger partial charge in [-0.05, 0) is 71.1 Å². The van der Waals surface area contributed by atoms with Crippen molar-refractivity contribution in [3.05, 3.63) is 51.9 Å². The van der Waals surface area contributed by atoms with Gasteiger partial charge in [0.05, 0.1) is 18.7 Å². The molecule has 0 aliphatic carbocycles. The first-order valence-corrected chi connectivity index (χ1v) is 16.8. The summed E-state index contributed by atoms with van der Waals surface area (Å²) in [6.07, 6.45) is 20.0. The second kappa shape index (κ2) is 21.1. The molecule has 0 aliphatic rings. The first-order valence-electron chi connectivity index (χ1n) is 16.8. The summed E-state index contributed by atoms with van der Waals surface area (Å²) in [6, 6.07) is 6.08. The molecule has 5 heteroatoms. The fourth-order valence-corrected chi connectivity index (χ4v) is 5.01. The molecule has 0 saturated carbocycles. The van der Waals surface area contributed by atoms with Gasteiger partial charge in [0.15, 0.2) is 5.75 Å². The molecule has 0 fully saturated rings. The Labute approximate surface area is 256 Å². The minimum Gasteiger partial charge on any atom is -0.494 e. The van der Waals surface area contributed by atoms with Gasteiger partial charge in [-0.1, -0.05) is 95.8 Å². The number of unbranched alkanes of at least 4 members (excludes halogenated alkanes) is 9. The van der Waals surface area contributed by atoms with E-state index in [2.05, 4.69) is 53.7 Å². The molecule has 0 aliphatic heterocycles. The largest absolute Gasteiger partial charge is 0.494 e. The monoisotopic (exact) mass is 581 g/mol. The smallest absolute Gasteiger partial charge is 0.297 e. The standard InChI is InChI=1S/C37H59NO4/c1-7-10-13-15-16-18-27-40-32-22-23-33-34(29-32)38(25-17-14-11-8-2)37(39)36(35(33)41-26-12-9-3)42-28-24-31(6)21-19-20-30(4)5/h20,22-24,29H,7-19,21,25-28H2,1-6H3/b31-24+. The lowest BCUT2D eigenvalue weighted by Gasteiger charge is -2.19. The van der Waals surface area contributed by atoms with Gasteiger partial charge in [0.2, 0.25) is 5.75 Å². The summed E-state index contributed by atoms with van der Waals surface area (Å²) >= 11 is 0. The third-order valence-corrected chi connectivity index (χ3v) is 7.65. The Hall–Kier alpha value is -2.69. The van der Waals surface area contributed by atoms with Gasteiger partial charge in [0.25, 0.3) is 5.56 Å². The van der Waals surface area contributed by atoms with Crippen molar-refractivity contribution in [1.29, 1.82) is 0 Å². The van der Waals surface area contributed by atoms with E-state index in [0.717, 1.165) is 74.4 Å². The van der Waals surface area contributed by atoms with E-state index in [4.69, 9.17) is 14.2 Å². The Kier molecular flexibility index (Phi) is 17.8. The van der Waals surface area contributed by atoms with Crippen LogP contribution in [-0.4, -0.2) is 24.4 Å². The molecule has 0 radical (unpaired) electrons. The number of nitrogens with zero attached hydrogens (tertiary/aromatic N) is 1. The van der Waals surface area contributed by atoms with E-state index in [-0.39, 0.29) is 5.56 Å². The molecule has 2 aromatic rings. The second-order valence-corrected chi connectivity index (χ2v) is 11.9. The number of hydrogen-bond acceptors (Lipinski definition) is 4. The first-order chi connectivity index (χ1) is 20.4. The first kappa shape index (κ1) is 35.5. The number of allylic oxidation sites excluding steroid dienone is 3. The molecule has 2 rings (SSSR count). The van der Waals surface area contributed by atoms with Crippen molar-refractivity contribution >= 4 is 10.9 Å². The normalized spacial score (nSPS) is 11.6. The van der Waals surface area contributed by atoms with E-state index >= 15 is 0 Å². The molecule has 0 amide bonds. The van der Waals surface area contributed by atoms with E-state index in [9.17, 15) is 4.79 Å². The molecule has 1 heterocycles. The SMILES string of the molecule is CCCCCCCCOc1ccc2c(OCCCC)c(OC/C=C(\C)CCC=C(C)C)c(=O)n(CCCCCC)c2c1. The Morgan fingerprint density at radius 2 is 1.40 bits per heavy atom. The minimum absolute atomic E-state index is 0.117. The highest BCUT2D eigenvalue weighted by atomic mass is 16.5. The highest BCUT2D eigenvalue weighted by Crippen LogP contribution is 2.35. The summed E-state index contributed by atoms with van der Waals surface area (Å²) in [7, 11) is 0. The molecule has 1 aromatic heterocycles. The van der Waals surface area contributed by atoms with Crippen LogP contribution in [0.3, 0.4) is 0 Å². The Balaban J connectivity index is 2.37. The number of ether oxygens (including phenoxy) is 3. The Morgan fingerprint density at radius 3 is 2.12 bits per heavy atom. The number of rotatable bonds is 23. The molecule has 0 spiro atoms. The van der Waals surface area contributed by atoms with Crippen LogP contribution in [0.25, 0.3) is 10.9 Å². The highest BCUT2D eigenvalue weighted by Gasteiger charge is 2.20. The van der Waals surface area contributed by atoms with Crippen LogP contribution in [0, 0.1) is 0 Å². The average molecular weight is 582 g/mol. The Morgan fingerprint density at radius 1 is 0.738 bits per heavy atom. The summed E-state index contributed by atoms with van der Waals surface area (Å²) in [4.78, 5) is 14.0. The molecule has 0 atom stereocenters. The van der Waals surface area contributed by atoms with Gasteiger partial charge >= 0.3 is 0 Å². The van der Waals surface area contributed by atoms with E-state index in [1.54, 1.807) is 0 Å². The molecule has 5 nitrogen and oxygen atoms in total. The molecule has 236 valence electrons. The zero-order chi connectivity index (χ0) is 30.6. The van der Waals surface area contributed by atoms with Crippen LogP contribution in [0.5, 0.6) is 17.2 Å². The van der Waals surface area contributed by atoms with Crippen LogP contribution in [-0.2, 0) is 6.54 Å². The fourth-order valence-electron chi connectivity index (χ4n) is 5.01. The van der Waals surface area contributed by atoms with Crippen LogP contribution < -0.4 is 19.8 Å². The zero-order valence-corrected chi connectivity index (χ0v) is 27.7. The van der Waals surface area contributed by atoms with Gasteiger partial charge in [0, 0.05) is 18.0 Å². The number of aromatic nitrogens is 1. The molecule has 0 saturated heterocycles. The number of pyridine rings is 1. The lowest BCUT2D eigenvalue weighted by Crippen LogP contribution is -2.24. The average Bonchev–Trinajstić information content (AvgIpc) is 2.97. The lowest BCUT2D eigenvalue weighted by atomic mass is 10.1. The number of benzene rings is 1. The molecule has 0 unspecified atom stereocenters. The topological polar surface area (TPSA) is 49.7 Å². The van der Waals surface area contributed by atoms with E-state index in [1.165, 1.54) is 43.3 Å². The molecule has 0 N–H and O–H groups in total. The molecule has 1 aromatic carbocycles. The van der Waals surface area contributed by atoms with Crippen LogP contribution in [0.1, 0.15) is 131 Å². The van der Waals surface area contributed by atoms with Crippen molar-refractivity contribution in [1.82, 2.24) is 4.57 Å². The third kappa shape index (κ3) is 12.7. The van der Waals surface area contributed by atoms with E-state index in [0.29, 0.717) is 37.9 Å². The summed E-state index contributed by atoms with van der Waals surface area (Å²) in [6.45, 7) is 15.2. The molecule has 42 heavy (non-hydrogen) atoms. The molecular weight excluding hydrogens is 522 g/mol. The quantitative estimate of drug-likeness (QED) is 0.0967. The summed E-state index contributed by atoms with van der Waals surface area (Å²) < 4.78 is 20.6. The zero-order valence-electron chi connectivity index (χ0n) is 27.7. The van der Waals surface area contributed by atoms with E-state index in [1.807, 2.05) is 22.8 Å². The molecule has 0 bridgehead atoms. The maximum atomic E-state index is 14.0. The maximum absolute atomic E-state index is 14.0. The lowest BCUT2D eigenvalue weighted by molar-refractivity contribution is 0.277. The minimum atomic E-state index is -0.117. The highest BCUT2D eigenvalue weighted by molar-refractivity contribution is 5.89. The van der Waals surface area contributed by atoms with Gasteiger partial charge in [-0.3, -0.25) is 4.79 Å². The molecular formula is C37H59NO4. The van der Waals surface area contributed by atoms with Crippen LogP contribution in [0.15, 0.2) is 46.3 Å². The van der Waals surface area contributed by atoms with Gasteiger partial charge in [-0.25, -0.2) is 0 Å². The van der Waals surface area contributed by atoms with Gasteiger partial charge in [-0.2, -0.15) is 0 Å². The van der Waals surface area contributed by atoms with Crippen molar-refractivity contribution in [3.8, 4) is 17.2 Å². The van der Waals surface area contributed by atoms with Crippen molar-refractivity contribution in [2.75, 3.05) is 19.8 Å². The van der Waals surface area contributed by atoms with Gasteiger partial charge in [-0.15, -0.1) is 0 Å². The number of aryl methyl sites for hydroxylation is 1. The third-order valence-electron chi connectivity index (χ3n) is 7.65.